The average molecular weight is 261 g/mol. The second-order valence-electron chi connectivity index (χ2n) is 3.67. The minimum Gasteiger partial charge on any atom is -0.370 e. The zero-order valence-electron chi connectivity index (χ0n) is 10.4. The molecule has 0 atom stereocenters. The molecule has 5 nitrogen and oxygen atoms in total. The van der Waals surface area contributed by atoms with Crippen LogP contribution >= 0.6 is 11.8 Å². The van der Waals surface area contributed by atoms with E-state index < -0.39 is 0 Å². The Morgan fingerprint density at radius 3 is 2.89 bits per heavy atom. The highest BCUT2D eigenvalue weighted by Crippen LogP contribution is 2.18. The lowest BCUT2D eigenvalue weighted by Crippen LogP contribution is -2.04. The summed E-state index contributed by atoms with van der Waals surface area (Å²) in [7, 11) is 0. The van der Waals surface area contributed by atoms with E-state index in [0.717, 1.165) is 28.9 Å². The summed E-state index contributed by atoms with van der Waals surface area (Å²) in [6.45, 7) is 4.87. The maximum Gasteiger partial charge on any atom is 0.141 e. The number of thioether (sulfide) groups is 1. The van der Waals surface area contributed by atoms with Crippen molar-refractivity contribution in [2.24, 2.45) is 0 Å². The van der Waals surface area contributed by atoms with E-state index in [0.29, 0.717) is 5.75 Å². The summed E-state index contributed by atoms with van der Waals surface area (Å²) in [6.07, 6.45) is 5.09. The van der Waals surface area contributed by atoms with Gasteiger partial charge in [-0.2, -0.15) is 0 Å². The van der Waals surface area contributed by atoms with Gasteiger partial charge in [-0.1, -0.05) is 11.8 Å². The molecular weight excluding hydrogens is 246 g/mol. The third kappa shape index (κ3) is 3.66. The number of rotatable bonds is 5. The lowest BCUT2D eigenvalue weighted by molar-refractivity contribution is 0.980. The second kappa shape index (κ2) is 6.30. The smallest absolute Gasteiger partial charge is 0.141 e. The number of hydrogen-bond acceptors (Lipinski definition) is 6. The van der Waals surface area contributed by atoms with Crippen molar-refractivity contribution in [3.8, 4) is 0 Å². The van der Waals surface area contributed by atoms with Crippen LogP contribution in [-0.2, 0) is 5.75 Å². The van der Waals surface area contributed by atoms with Gasteiger partial charge in [0.2, 0.25) is 0 Å². The molecule has 0 aliphatic carbocycles. The molecule has 0 amide bonds. The molecule has 18 heavy (non-hydrogen) atoms. The van der Waals surface area contributed by atoms with E-state index >= 15 is 0 Å². The van der Waals surface area contributed by atoms with Gasteiger partial charge in [0.1, 0.15) is 16.7 Å². The first-order valence-electron chi connectivity index (χ1n) is 5.75. The van der Waals surface area contributed by atoms with Crippen LogP contribution in [0, 0.1) is 6.92 Å². The van der Waals surface area contributed by atoms with Crippen LogP contribution in [0.5, 0.6) is 0 Å². The highest BCUT2D eigenvalue weighted by molar-refractivity contribution is 7.98. The minimum atomic E-state index is 0.693. The SMILES string of the molecule is CCNc1cc(C)nc(CSc2cnccn2)n1. The van der Waals surface area contributed by atoms with E-state index in [-0.39, 0.29) is 0 Å². The molecule has 0 unspecified atom stereocenters. The van der Waals surface area contributed by atoms with Crippen molar-refractivity contribution in [2.45, 2.75) is 24.6 Å². The number of nitrogens with one attached hydrogen (secondary N) is 1. The summed E-state index contributed by atoms with van der Waals surface area (Å²) in [5, 5.41) is 4.08. The molecule has 0 saturated carbocycles. The minimum absolute atomic E-state index is 0.693. The Balaban J connectivity index is 2.05. The zero-order valence-corrected chi connectivity index (χ0v) is 11.2. The van der Waals surface area contributed by atoms with Crippen LogP contribution in [-0.4, -0.2) is 26.5 Å². The molecule has 2 aromatic rings. The predicted octanol–water partition coefficient (Wildman–Crippen LogP) is 2.30. The van der Waals surface area contributed by atoms with Gasteiger partial charge >= 0.3 is 0 Å². The fraction of sp³-hybridized carbons (Fsp3) is 0.333. The van der Waals surface area contributed by atoms with Gasteiger partial charge < -0.3 is 5.32 Å². The number of hydrogen-bond donors (Lipinski definition) is 1. The van der Waals surface area contributed by atoms with Crippen LogP contribution < -0.4 is 5.32 Å². The maximum absolute atomic E-state index is 4.45. The number of aryl methyl sites for hydroxylation is 1. The van der Waals surface area contributed by atoms with Crippen LogP contribution in [0.1, 0.15) is 18.4 Å². The van der Waals surface area contributed by atoms with E-state index in [2.05, 4.69) is 25.3 Å². The van der Waals surface area contributed by atoms with Crippen LogP contribution in [0.4, 0.5) is 5.82 Å². The molecular formula is C12H15N5S. The number of aromatic nitrogens is 4. The van der Waals surface area contributed by atoms with Gasteiger partial charge in [-0.15, -0.1) is 0 Å². The molecule has 2 rings (SSSR count). The molecule has 2 heterocycles. The fourth-order valence-electron chi connectivity index (χ4n) is 1.46. The Kier molecular flexibility index (Phi) is 4.46. The third-order valence-electron chi connectivity index (χ3n) is 2.15. The first kappa shape index (κ1) is 12.8. The molecule has 1 N–H and O–H groups in total. The maximum atomic E-state index is 4.45. The van der Waals surface area contributed by atoms with E-state index in [1.165, 1.54) is 0 Å². The largest absolute Gasteiger partial charge is 0.370 e. The Labute approximate surface area is 110 Å². The quantitative estimate of drug-likeness (QED) is 0.833. The summed E-state index contributed by atoms with van der Waals surface area (Å²) in [4.78, 5) is 17.1. The fourth-order valence-corrected chi connectivity index (χ4v) is 2.14. The summed E-state index contributed by atoms with van der Waals surface area (Å²) in [5.74, 6) is 2.38. The van der Waals surface area contributed by atoms with Crippen molar-refractivity contribution in [1.82, 2.24) is 19.9 Å². The molecule has 0 bridgehead atoms. The lowest BCUT2D eigenvalue weighted by Gasteiger charge is -2.06. The Morgan fingerprint density at radius 2 is 2.17 bits per heavy atom. The number of nitrogens with zero attached hydrogens (tertiary/aromatic N) is 4. The summed E-state index contributed by atoms with van der Waals surface area (Å²) < 4.78 is 0. The molecule has 94 valence electrons. The standard InChI is InChI=1S/C12H15N5S/c1-3-14-10-6-9(2)16-11(17-10)8-18-12-7-13-4-5-15-12/h4-7H,3,8H2,1-2H3,(H,14,16,17). The first-order valence-corrected chi connectivity index (χ1v) is 6.73. The Morgan fingerprint density at radius 1 is 1.28 bits per heavy atom. The van der Waals surface area contributed by atoms with Gasteiger partial charge in [0.15, 0.2) is 0 Å². The molecule has 2 aromatic heterocycles. The molecule has 0 aromatic carbocycles. The lowest BCUT2D eigenvalue weighted by atomic mass is 10.4. The Bertz CT molecular complexity index is 503. The summed E-state index contributed by atoms with van der Waals surface area (Å²) in [5.41, 5.74) is 0.968. The van der Waals surface area contributed by atoms with Crippen molar-refractivity contribution >= 4 is 17.6 Å². The van der Waals surface area contributed by atoms with Gasteiger partial charge in [0.25, 0.3) is 0 Å². The average Bonchev–Trinajstić information content (AvgIpc) is 2.37. The van der Waals surface area contributed by atoms with E-state index in [4.69, 9.17) is 0 Å². The van der Waals surface area contributed by atoms with Crippen molar-refractivity contribution in [2.75, 3.05) is 11.9 Å². The Hall–Kier alpha value is -1.69. The molecule has 6 heteroatoms. The van der Waals surface area contributed by atoms with E-state index in [1.54, 1.807) is 30.4 Å². The summed E-state index contributed by atoms with van der Waals surface area (Å²) in [6, 6.07) is 1.94. The zero-order chi connectivity index (χ0) is 12.8. The first-order chi connectivity index (χ1) is 8.78. The van der Waals surface area contributed by atoms with Gasteiger partial charge in [0, 0.05) is 30.7 Å². The molecule has 0 saturated heterocycles. The van der Waals surface area contributed by atoms with Crippen molar-refractivity contribution < 1.29 is 0 Å². The monoisotopic (exact) mass is 261 g/mol. The van der Waals surface area contributed by atoms with E-state index in [9.17, 15) is 0 Å². The van der Waals surface area contributed by atoms with Crippen molar-refractivity contribution in [3.63, 3.8) is 0 Å². The van der Waals surface area contributed by atoms with Gasteiger partial charge in [-0.25, -0.2) is 15.0 Å². The molecule has 0 aliphatic heterocycles. The normalized spacial score (nSPS) is 10.3. The highest BCUT2D eigenvalue weighted by Gasteiger charge is 2.03. The molecule has 0 spiro atoms. The second-order valence-corrected chi connectivity index (χ2v) is 4.67. The predicted molar refractivity (Wildman–Crippen MR) is 72.5 cm³/mol. The van der Waals surface area contributed by atoms with E-state index in [1.807, 2.05) is 19.9 Å². The van der Waals surface area contributed by atoms with Crippen LogP contribution in [0.15, 0.2) is 29.7 Å². The van der Waals surface area contributed by atoms with Gasteiger partial charge in [-0.3, -0.25) is 4.98 Å². The topological polar surface area (TPSA) is 63.6 Å². The van der Waals surface area contributed by atoms with Gasteiger partial charge in [-0.05, 0) is 13.8 Å². The molecule has 0 fully saturated rings. The van der Waals surface area contributed by atoms with Crippen molar-refractivity contribution in [3.05, 3.63) is 36.2 Å². The van der Waals surface area contributed by atoms with Crippen molar-refractivity contribution in [1.29, 1.82) is 0 Å². The molecule has 0 radical (unpaired) electrons. The third-order valence-corrected chi connectivity index (χ3v) is 3.06. The van der Waals surface area contributed by atoms with Crippen LogP contribution in [0.3, 0.4) is 0 Å². The van der Waals surface area contributed by atoms with Gasteiger partial charge in [0.05, 0.1) is 11.9 Å². The van der Waals surface area contributed by atoms with Crippen LogP contribution in [0.2, 0.25) is 0 Å². The highest BCUT2D eigenvalue weighted by atomic mass is 32.2. The molecule has 0 aliphatic rings. The summed E-state index contributed by atoms with van der Waals surface area (Å²) >= 11 is 1.58. The number of anilines is 1. The van der Waals surface area contributed by atoms with Crippen LogP contribution in [0.25, 0.3) is 0 Å².